The second-order valence-electron chi connectivity index (χ2n) is 15.1. The van der Waals surface area contributed by atoms with Crippen LogP contribution in [0.4, 0.5) is 0 Å². The summed E-state index contributed by atoms with van der Waals surface area (Å²) in [6.07, 6.45) is 8.56. The van der Waals surface area contributed by atoms with Crippen molar-refractivity contribution in [3.8, 4) is 34.2 Å². The minimum absolute atomic E-state index is 0.648. The van der Waals surface area contributed by atoms with Crippen LogP contribution < -0.4 is 0 Å². The van der Waals surface area contributed by atoms with Gasteiger partial charge in [-0.15, -0.1) is 0 Å². The van der Waals surface area contributed by atoms with E-state index in [2.05, 4.69) is 197 Å². The largest absolute Gasteiger partial charge is 0.309 e. The molecule has 12 rings (SSSR count). The zero-order valence-electron chi connectivity index (χ0n) is 31.5. The topological polar surface area (TPSA) is 48.5 Å². The summed E-state index contributed by atoms with van der Waals surface area (Å²) in [5.41, 5.74) is 9.75. The Balaban J connectivity index is 1.03. The standard InChI is InChI=1S/C53H35N5/c1-3-15-36(16-4-1)51-54-52(56-53(55-51)38-25-30-44-43-21-11-12-22-45(43)57(48(44)33-38)39-17-5-2-6-18-39)37-23-28-40(29-24-37)58-46-31-26-34-13-7-9-19-41(34)49(46)50-42-20-10-8-14-35(42)27-32-47(50)58/h2-3,5-33H,1,4H2. The number of allylic oxidation sites excluding steroid dienone is 4. The highest BCUT2D eigenvalue weighted by molar-refractivity contribution is 6.28. The fraction of sp³-hybridized carbons (Fsp3) is 0.0377. The molecule has 1 aliphatic carbocycles. The maximum absolute atomic E-state index is 5.20. The Morgan fingerprint density at radius 1 is 0.379 bits per heavy atom. The van der Waals surface area contributed by atoms with Crippen molar-refractivity contribution in [2.24, 2.45) is 0 Å². The molecular weight excluding hydrogens is 707 g/mol. The number of aromatic nitrogens is 5. The van der Waals surface area contributed by atoms with Gasteiger partial charge in [0.25, 0.3) is 0 Å². The van der Waals surface area contributed by atoms with Gasteiger partial charge in [-0.3, -0.25) is 0 Å². The number of hydrogen-bond acceptors (Lipinski definition) is 3. The molecule has 5 nitrogen and oxygen atoms in total. The van der Waals surface area contributed by atoms with Crippen LogP contribution in [0.3, 0.4) is 0 Å². The number of benzene rings is 8. The van der Waals surface area contributed by atoms with E-state index in [1.807, 2.05) is 0 Å². The molecule has 3 aromatic heterocycles. The van der Waals surface area contributed by atoms with Crippen molar-refractivity contribution in [2.75, 3.05) is 0 Å². The first kappa shape index (κ1) is 32.6. The van der Waals surface area contributed by atoms with Crippen molar-refractivity contribution in [2.45, 2.75) is 12.8 Å². The van der Waals surface area contributed by atoms with Crippen molar-refractivity contribution in [1.82, 2.24) is 24.1 Å². The van der Waals surface area contributed by atoms with E-state index in [1.54, 1.807) is 0 Å². The molecule has 0 saturated heterocycles. The molecule has 11 aromatic rings. The van der Waals surface area contributed by atoms with Gasteiger partial charge in [0.05, 0.1) is 22.1 Å². The lowest BCUT2D eigenvalue weighted by Crippen LogP contribution is -2.03. The van der Waals surface area contributed by atoms with Crippen LogP contribution in [0.1, 0.15) is 18.7 Å². The first-order valence-corrected chi connectivity index (χ1v) is 19.9. The molecule has 1 aliphatic rings. The van der Waals surface area contributed by atoms with E-state index >= 15 is 0 Å². The van der Waals surface area contributed by atoms with Gasteiger partial charge in [0, 0.05) is 49.6 Å². The molecular formula is C53H35N5. The van der Waals surface area contributed by atoms with Crippen molar-refractivity contribution in [1.29, 1.82) is 0 Å². The van der Waals surface area contributed by atoms with Crippen LogP contribution in [0.5, 0.6) is 0 Å². The quantitative estimate of drug-likeness (QED) is 0.176. The summed E-state index contributed by atoms with van der Waals surface area (Å²) in [6, 6.07) is 60.9. The van der Waals surface area contributed by atoms with Crippen LogP contribution in [0.25, 0.3) is 105 Å². The fourth-order valence-electron chi connectivity index (χ4n) is 9.09. The number of nitrogens with zero attached hydrogens (tertiary/aromatic N) is 5. The Hall–Kier alpha value is -7.63. The van der Waals surface area contributed by atoms with Gasteiger partial charge in [0.2, 0.25) is 0 Å². The van der Waals surface area contributed by atoms with Crippen LogP contribution in [-0.4, -0.2) is 24.1 Å². The Kier molecular flexibility index (Phi) is 7.29. The summed E-state index contributed by atoms with van der Waals surface area (Å²) in [4.78, 5) is 15.5. The predicted molar refractivity (Wildman–Crippen MR) is 241 cm³/mol. The SMILES string of the molecule is C1=CC(c2nc(-c3ccc(-n4c5ccc6ccccc6c5c5c6ccccc6ccc54)cc3)nc(-c3ccc4c5ccccc5n(-c5ccccc5)c4c3)n2)=CCC1. The third-order valence-corrected chi connectivity index (χ3v) is 11.8. The molecule has 3 heterocycles. The van der Waals surface area contributed by atoms with Crippen LogP contribution in [0.15, 0.2) is 188 Å². The van der Waals surface area contributed by atoms with E-state index in [-0.39, 0.29) is 0 Å². The first-order valence-electron chi connectivity index (χ1n) is 19.9. The van der Waals surface area contributed by atoms with Gasteiger partial charge in [-0.25, -0.2) is 15.0 Å². The zero-order chi connectivity index (χ0) is 38.2. The van der Waals surface area contributed by atoms with Gasteiger partial charge in [-0.1, -0.05) is 127 Å². The van der Waals surface area contributed by atoms with Crippen molar-refractivity contribution >= 4 is 70.7 Å². The molecule has 0 atom stereocenters. The third-order valence-electron chi connectivity index (χ3n) is 11.8. The fourth-order valence-corrected chi connectivity index (χ4v) is 9.09. The number of fused-ring (bicyclic) bond motifs is 10. The highest BCUT2D eigenvalue weighted by Gasteiger charge is 2.20. The number of para-hydroxylation sites is 2. The Labute approximate surface area is 334 Å². The molecule has 0 amide bonds. The van der Waals surface area contributed by atoms with Gasteiger partial charge in [0.15, 0.2) is 17.5 Å². The smallest absolute Gasteiger partial charge is 0.164 e. The van der Waals surface area contributed by atoms with Gasteiger partial charge < -0.3 is 9.13 Å². The van der Waals surface area contributed by atoms with Crippen LogP contribution in [-0.2, 0) is 0 Å². The van der Waals surface area contributed by atoms with E-state index in [0.29, 0.717) is 17.5 Å². The van der Waals surface area contributed by atoms with Gasteiger partial charge in [0.1, 0.15) is 0 Å². The Morgan fingerprint density at radius 3 is 1.62 bits per heavy atom. The zero-order valence-corrected chi connectivity index (χ0v) is 31.5. The average Bonchev–Trinajstić information content (AvgIpc) is 3.83. The number of hydrogen-bond donors (Lipinski definition) is 0. The predicted octanol–water partition coefficient (Wildman–Crippen LogP) is 13.4. The van der Waals surface area contributed by atoms with E-state index in [4.69, 9.17) is 15.0 Å². The summed E-state index contributed by atoms with van der Waals surface area (Å²) in [6.45, 7) is 0. The molecule has 0 radical (unpaired) electrons. The number of rotatable bonds is 5. The molecule has 0 N–H and O–H groups in total. The molecule has 0 spiro atoms. The molecule has 58 heavy (non-hydrogen) atoms. The average molecular weight is 742 g/mol. The molecule has 0 fully saturated rings. The summed E-state index contributed by atoms with van der Waals surface area (Å²) in [7, 11) is 0. The third kappa shape index (κ3) is 5.07. The monoisotopic (exact) mass is 741 g/mol. The van der Waals surface area contributed by atoms with Crippen LogP contribution in [0.2, 0.25) is 0 Å². The molecule has 272 valence electrons. The molecule has 0 aliphatic heterocycles. The maximum Gasteiger partial charge on any atom is 0.164 e. The lowest BCUT2D eigenvalue weighted by molar-refractivity contribution is 1.01. The molecule has 5 heteroatoms. The maximum atomic E-state index is 5.20. The van der Waals surface area contributed by atoms with Gasteiger partial charge >= 0.3 is 0 Å². The van der Waals surface area contributed by atoms with Crippen molar-refractivity contribution < 1.29 is 0 Å². The minimum atomic E-state index is 0.648. The summed E-state index contributed by atoms with van der Waals surface area (Å²) >= 11 is 0. The molecule has 0 unspecified atom stereocenters. The Morgan fingerprint density at radius 2 is 0.931 bits per heavy atom. The van der Waals surface area contributed by atoms with Crippen LogP contribution >= 0.6 is 0 Å². The first-order chi connectivity index (χ1) is 28.8. The van der Waals surface area contributed by atoms with E-state index in [0.717, 1.165) is 46.4 Å². The van der Waals surface area contributed by atoms with Crippen molar-refractivity contribution in [3.63, 3.8) is 0 Å². The highest BCUT2D eigenvalue weighted by Crippen LogP contribution is 2.41. The minimum Gasteiger partial charge on any atom is -0.309 e. The van der Waals surface area contributed by atoms with Crippen LogP contribution in [0, 0.1) is 0 Å². The van der Waals surface area contributed by atoms with E-state index in [1.165, 1.54) is 59.6 Å². The second kappa shape index (κ2) is 13.0. The normalized spacial score (nSPS) is 13.1. The Bertz CT molecular complexity index is 3400. The van der Waals surface area contributed by atoms with Crippen molar-refractivity contribution in [3.05, 3.63) is 194 Å². The van der Waals surface area contributed by atoms with Gasteiger partial charge in [-0.2, -0.15) is 0 Å². The molecule has 8 aromatic carbocycles. The summed E-state index contributed by atoms with van der Waals surface area (Å²) in [5.74, 6) is 1.98. The lowest BCUT2D eigenvalue weighted by Gasteiger charge is -2.12. The summed E-state index contributed by atoms with van der Waals surface area (Å²) < 4.78 is 4.73. The van der Waals surface area contributed by atoms with E-state index in [9.17, 15) is 0 Å². The van der Waals surface area contributed by atoms with Gasteiger partial charge in [-0.05, 0) is 95.1 Å². The van der Waals surface area contributed by atoms with E-state index < -0.39 is 0 Å². The second-order valence-corrected chi connectivity index (χ2v) is 15.1. The highest BCUT2D eigenvalue weighted by atomic mass is 15.0. The molecule has 0 saturated carbocycles. The summed E-state index contributed by atoms with van der Waals surface area (Å²) in [5, 5.41) is 9.95. The molecule has 0 bridgehead atoms. The lowest BCUT2D eigenvalue weighted by atomic mass is 10.00.